The maximum atomic E-state index is 13.2. The van der Waals surface area contributed by atoms with Crippen molar-refractivity contribution < 1.29 is 24.0 Å². The Bertz CT molecular complexity index is 1150. The highest BCUT2D eigenvalue weighted by atomic mass is 79.9. The number of hydrogen-bond acceptors (Lipinski definition) is 5. The van der Waals surface area contributed by atoms with Crippen LogP contribution in [0.25, 0.3) is 0 Å². The number of carbonyl (C=O) groups is 5. The summed E-state index contributed by atoms with van der Waals surface area (Å²) in [5.41, 5.74) is 1.59. The predicted molar refractivity (Wildman–Crippen MR) is 147 cm³/mol. The number of benzene rings is 2. The average molecular weight is 585 g/mol. The van der Waals surface area contributed by atoms with Crippen LogP contribution >= 0.6 is 15.9 Å². The van der Waals surface area contributed by atoms with Gasteiger partial charge in [0.15, 0.2) is 0 Å². The van der Waals surface area contributed by atoms with Crippen LogP contribution in [0.3, 0.4) is 0 Å². The molecule has 1 aliphatic rings. The van der Waals surface area contributed by atoms with Crippen LogP contribution in [0.4, 0.5) is 0 Å². The first-order valence-electron chi connectivity index (χ1n) is 12.6. The third-order valence-electron chi connectivity index (χ3n) is 6.27. The first-order chi connectivity index (χ1) is 18.1. The van der Waals surface area contributed by atoms with Gasteiger partial charge in [-0.1, -0.05) is 72.2 Å². The summed E-state index contributed by atoms with van der Waals surface area (Å²) in [5.74, 6) is -1.93. The first kappa shape index (κ1) is 29.0. The second-order valence-corrected chi connectivity index (χ2v) is 10.7. The number of hydrogen-bond donors (Lipinski definition) is 3. The van der Waals surface area contributed by atoms with Crippen LogP contribution in [0.15, 0.2) is 54.6 Å². The van der Waals surface area contributed by atoms with Gasteiger partial charge in [0.1, 0.15) is 12.1 Å². The quantitative estimate of drug-likeness (QED) is 0.261. The smallest absolute Gasteiger partial charge is 0.261 e. The van der Waals surface area contributed by atoms with Crippen molar-refractivity contribution in [3.63, 3.8) is 0 Å². The summed E-state index contributed by atoms with van der Waals surface area (Å²) < 4.78 is 0. The van der Waals surface area contributed by atoms with Gasteiger partial charge >= 0.3 is 0 Å². The van der Waals surface area contributed by atoms with Crippen molar-refractivity contribution in [3.05, 3.63) is 71.3 Å². The Morgan fingerprint density at radius 2 is 1.37 bits per heavy atom. The molecular formula is C28H33BrN4O5. The maximum Gasteiger partial charge on any atom is 0.261 e. The minimum atomic E-state index is -0.871. The molecule has 3 N–H and O–H groups in total. The largest absolute Gasteiger partial charge is 0.357 e. The number of carbonyl (C=O) groups excluding carboxylic acids is 5. The van der Waals surface area contributed by atoms with E-state index in [-0.39, 0.29) is 36.6 Å². The van der Waals surface area contributed by atoms with Gasteiger partial charge in [-0.25, -0.2) is 0 Å². The van der Waals surface area contributed by atoms with Gasteiger partial charge in [-0.2, -0.15) is 0 Å². The summed E-state index contributed by atoms with van der Waals surface area (Å²) in [6.07, 6.45) is 0.833. The minimum absolute atomic E-state index is 0.0482. The normalized spacial score (nSPS) is 15.0. The molecule has 0 aromatic heterocycles. The standard InChI is InChI=1S/C28H33BrN4O5/c1-17(2)15-22(26(36)32-23(25(35)30-3)16-18-9-5-4-6-10-18)31-24(34)21(29)13-14-33-27(37)19-11-7-8-12-20(19)28(33)38/h4-12,17,21-23H,13-16H2,1-3H3,(H,30,35)(H,31,34)(H,32,36)/t21?,22-,23-/m0/s1. The van der Waals surface area contributed by atoms with Crippen LogP contribution in [-0.4, -0.2) is 64.9 Å². The zero-order valence-electron chi connectivity index (χ0n) is 21.7. The Morgan fingerprint density at radius 3 is 1.92 bits per heavy atom. The number of nitrogens with zero attached hydrogens (tertiary/aromatic N) is 1. The summed E-state index contributed by atoms with van der Waals surface area (Å²) in [6.45, 7) is 3.91. The summed E-state index contributed by atoms with van der Waals surface area (Å²) in [7, 11) is 1.50. The summed E-state index contributed by atoms with van der Waals surface area (Å²) >= 11 is 3.34. The molecule has 1 unspecified atom stereocenters. The van der Waals surface area contributed by atoms with Gasteiger partial charge in [-0.05, 0) is 36.5 Å². The maximum absolute atomic E-state index is 13.2. The number of fused-ring (bicyclic) bond motifs is 1. The third-order valence-corrected chi connectivity index (χ3v) is 7.14. The van der Waals surface area contributed by atoms with E-state index in [0.29, 0.717) is 24.0 Å². The van der Waals surface area contributed by atoms with Crippen LogP contribution in [0.1, 0.15) is 53.0 Å². The molecular weight excluding hydrogens is 552 g/mol. The zero-order chi connectivity index (χ0) is 27.8. The van der Waals surface area contributed by atoms with Crippen LogP contribution in [0.2, 0.25) is 0 Å². The van der Waals surface area contributed by atoms with Crippen molar-refractivity contribution >= 4 is 45.5 Å². The number of rotatable bonds is 12. The molecule has 1 heterocycles. The van der Waals surface area contributed by atoms with Crippen LogP contribution in [0.5, 0.6) is 0 Å². The number of likely N-dealkylation sites (N-methyl/N-ethyl adjacent to an activating group) is 1. The minimum Gasteiger partial charge on any atom is -0.357 e. The summed E-state index contributed by atoms with van der Waals surface area (Å²) in [4.78, 5) is 64.3. The van der Waals surface area contributed by atoms with Crippen LogP contribution < -0.4 is 16.0 Å². The van der Waals surface area contributed by atoms with E-state index in [1.54, 1.807) is 24.3 Å². The first-order valence-corrected chi connectivity index (χ1v) is 13.5. The number of halogens is 1. The fourth-order valence-corrected chi connectivity index (χ4v) is 4.62. The Kier molecular flexibility index (Phi) is 10.2. The highest BCUT2D eigenvalue weighted by Gasteiger charge is 2.36. The molecule has 0 aliphatic carbocycles. The number of nitrogens with one attached hydrogen (secondary N) is 3. The number of imide groups is 1. The van der Waals surface area contributed by atoms with E-state index in [1.807, 2.05) is 44.2 Å². The van der Waals surface area contributed by atoms with Crippen molar-refractivity contribution in [1.82, 2.24) is 20.9 Å². The van der Waals surface area contributed by atoms with Gasteiger partial charge in [0.05, 0.1) is 16.0 Å². The molecule has 2 aromatic carbocycles. The fourth-order valence-electron chi connectivity index (χ4n) is 4.29. The molecule has 1 aliphatic heterocycles. The van der Waals surface area contributed by atoms with Gasteiger partial charge in [0, 0.05) is 20.0 Å². The predicted octanol–water partition coefficient (Wildman–Crippen LogP) is 2.44. The lowest BCUT2D eigenvalue weighted by atomic mass is 10.0. The molecule has 202 valence electrons. The second kappa shape index (κ2) is 13.3. The molecule has 0 radical (unpaired) electrons. The van der Waals surface area contributed by atoms with E-state index in [2.05, 4.69) is 31.9 Å². The Morgan fingerprint density at radius 1 is 0.816 bits per heavy atom. The van der Waals surface area contributed by atoms with E-state index >= 15 is 0 Å². The molecule has 2 aromatic rings. The van der Waals surface area contributed by atoms with Gasteiger partial charge in [0.2, 0.25) is 17.7 Å². The monoisotopic (exact) mass is 584 g/mol. The highest BCUT2D eigenvalue weighted by Crippen LogP contribution is 2.23. The van der Waals surface area contributed by atoms with Crippen molar-refractivity contribution in [1.29, 1.82) is 0 Å². The van der Waals surface area contributed by atoms with E-state index < -0.39 is 28.7 Å². The molecule has 0 spiro atoms. The summed E-state index contributed by atoms with van der Waals surface area (Å²) in [6, 6.07) is 14.3. The molecule has 3 atom stereocenters. The van der Waals surface area contributed by atoms with Gasteiger partial charge in [0.25, 0.3) is 11.8 Å². The van der Waals surface area contributed by atoms with Gasteiger partial charge < -0.3 is 16.0 Å². The molecule has 3 rings (SSSR count). The van der Waals surface area contributed by atoms with Crippen LogP contribution in [-0.2, 0) is 20.8 Å². The Hall–Kier alpha value is -3.53. The molecule has 0 bridgehead atoms. The van der Waals surface area contributed by atoms with Crippen molar-refractivity contribution in [2.24, 2.45) is 5.92 Å². The lowest BCUT2D eigenvalue weighted by Gasteiger charge is -2.25. The van der Waals surface area contributed by atoms with Gasteiger partial charge in [-0.15, -0.1) is 0 Å². The second-order valence-electron chi connectivity index (χ2n) is 9.62. The van der Waals surface area contributed by atoms with Crippen molar-refractivity contribution in [2.45, 2.75) is 50.0 Å². The van der Waals surface area contributed by atoms with Crippen molar-refractivity contribution in [2.75, 3.05) is 13.6 Å². The molecule has 0 saturated carbocycles. The van der Waals surface area contributed by atoms with Gasteiger partial charge in [-0.3, -0.25) is 28.9 Å². The fraction of sp³-hybridized carbons (Fsp3) is 0.393. The Labute approximate surface area is 230 Å². The number of alkyl halides is 1. The van der Waals surface area contributed by atoms with E-state index in [0.717, 1.165) is 10.5 Å². The Balaban J connectivity index is 1.62. The molecule has 10 heteroatoms. The molecule has 0 fully saturated rings. The SMILES string of the molecule is CNC(=O)[C@H](Cc1ccccc1)NC(=O)[C@H](CC(C)C)NC(=O)C(Br)CCN1C(=O)c2ccccc2C1=O. The van der Waals surface area contributed by atoms with E-state index in [9.17, 15) is 24.0 Å². The molecule has 5 amide bonds. The van der Waals surface area contributed by atoms with E-state index in [4.69, 9.17) is 0 Å². The zero-order valence-corrected chi connectivity index (χ0v) is 23.3. The third kappa shape index (κ3) is 7.28. The summed E-state index contributed by atoms with van der Waals surface area (Å²) in [5, 5.41) is 8.14. The van der Waals surface area contributed by atoms with Crippen LogP contribution in [0, 0.1) is 5.92 Å². The lowest BCUT2D eigenvalue weighted by Crippen LogP contribution is -2.55. The molecule has 0 saturated heterocycles. The molecule has 9 nitrogen and oxygen atoms in total. The topological polar surface area (TPSA) is 125 Å². The lowest BCUT2D eigenvalue weighted by molar-refractivity contribution is -0.132. The average Bonchev–Trinajstić information content (AvgIpc) is 3.15. The molecule has 38 heavy (non-hydrogen) atoms. The highest BCUT2D eigenvalue weighted by molar-refractivity contribution is 9.10. The van der Waals surface area contributed by atoms with E-state index in [1.165, 1.54) is 7.05 Å². The number of amides is 5. The van der Waals surface area contributed by atoms with Crippen molar-refractivity contribution in [3.8, 4) is 0 Å².